The summed E-state index contributed by atoms with van der Waals surface area (Å²) in [5, 5.41) is 9.64. The summed E-state index contributed by atoms with van der Waals surface area (Å²) in [5.41, 5.74) is 0.818. The van der Waals surface area contributed by atoms with E-state index in [1.54, 1.807) is 18.5 Å². The Morgan fingerprint density at radius 2 is 2.45 bits per heavy atom. The molecule has 1 amide bonds. The number of nitrogens with one attached hydrogen (secondary N) is 2. The lowest BCUT2D eigenvalue weighted by molar-refractivity contribution is -0.121. The second-order valence-electron chi connectivity index (χ2n) is 5.65. The number of hydrogen-bond acceptors (Lipinski definition) is 4. The van der Waals surface area contributed by atoms with Crippen molar-refractivity contribution in [2.45, 2.75) is 25.4 Å². The Bertz CT molecular complexity index is 607. The number of amides is 1. The van der Waals surface area contributed by atoms with Crippen molar-refractivity contribution in [3.63, 3.8) is 0 Å². The molecule has 0 aliphatic carbocycles. The highest BCUT2D eigenvalue weighted by molar-refractivity contribution is 5.78. The van der Waals surface area contributed by atoms with E-state index in [4.69, 9.17) is 4.74 Å². The molecule has 1 aliphatic rings. The first-order chi connectivity index (χ1) is 10.7. The van der Waals surface area contributed by atoms with Crippen LogP contribution < -0.4 is 5.32 Å². The topological polar surface area (TPSA) is 84.8 Å². The van der Waals surface area contributed by atoms with Crippen molar-refractivity contribution in [1.29, 1.82) is 0 Å². The van der Waals surface area contributed by atoms with Crippen LogP contribution in [0, 0.1) is 5.92 Å². The molecule has 3 heterocycles. The average molecular weight is 303 g/mol. The summed E-state index contributed by atoms with van der Waals surface area (Å²) in [6, 6.07) is 1.81. The SMILES string of the molecule is Cn1ccnc1[C@@H]1OCCC[C@H]1CNC(=O)Cc1ccn[nH]1. The monoisotopic (exact) mass is 303 g/mol. The minimum absolute atomic E-state index is 0.00610. The summed E-state index contributed by atoms with van der Waals surface area (Å²) >= 11 is 0. The fraction of sp³-hybridized carbons (Fsp3) is 0.533. The van der Waals surface area contributed by atoms with Gasteiger partial charge in [-0.2, -0.15) is 5.10 Å². The predicted octanol–water partition coefficient (Wildman–Crippen LogP) is 0.970. The minimum atomic E-state index is -0.0544. The van der Waals surface area contributed by atoms with E-state index in [-0.39, 0.29) is 17.9 Å². The minimum Gasteiger partial charge on any atom is -0.370 e. The molecule has 2 atom stereocenters. The maximum atomic E-state index is 12.0. The van der Waals surface area contributed by atoms with Crippen LogP contribution in [0.25, 0.3) is 0 Å². The normalized spacial score (nSPS) is 21.7. The van der Waals surface area contributed by atoms with E-state index in [1.165, 1.54) is 0 Å². The molecule has 1 aliphatic heterocycles. The number of hydrogen-bond donors (Lipinski definition) is 2. The molecule has 0 saturated carbocycles. The quantitative estimate of drug-likeness (QED) is 0.862. The van der Waals surface area contributed by atoms with E-state index in [1.807, 2.05) is 17.8 Å². The van der Waals surface area contributed by atoms with Crippen molar-refractivity contribution >= 4 is 5.91 Å². The number of carbonyl (C=O) groups excluding carboxylic acids is 1. The van der Waals surface area contributed by atoms with Gasteiger partial charge in [0.05, 0.1) is 6.42 Å². The Balaban J connectivity index is 1.57. The fourth-order valence-electron chi connectivity index (χ4n) is 2.85. The third kappa shape index (κ3) is 3.36. The first kappa shape index (κ1) is 14.8. The van der Waals surface area contributed by atoms with Gasteiger partial charge in [0.2, 0.25) is 5.91 Å². The molecule has 0 spiro atoms. The standard InChI is InChI=1S/C15H21N5O2/c1-20-7-6-16-15(20)14-11(3-2-8-22-14)10-17-13(21)9-12-4-5-18-19-12/h4-7,11,14H,2-3,8-10H2,1H3,(H,17,21)(H,18,19)/t11-,14+/m0/s1. The van der Waals surface area contributed by atoms with E-state index in [9.17, 15) is 4.79 Å². The van der Waals surface area contributed by atoms with Gasteiger partial charge in [0.15, 0.2) is 0 Å². The number of carbonyl (C=O) groups is 1. The van der Waals surface area contributed by atoms with Gasteiger partial charge in [-0.25, -0.2) is 4.98 Å². The Kier molecular flexibility index (Phi) is 4.53. The molecular weight excluding hydrogens is 282 g/mol. The van der Waals surface area contributed by atoms with Crippen LogP contribution in [0.1, 0.15) is 30.5 Å². The Hall–Kier alpha value is -2.15. The molecule has 1 fully saturated rings. The van der Waals surface area contributed by atoms with Crippen LogP contribution in [-0.4, -0.2) is 38.8 Å². The van der Waals surface area contributed by atoms with Crippen molar-refractivity contribution in [1.82, 2.24) is 25.1 Å². The predicted molar refractivity (Wildman–Crippen MR) is 79.9 cm³/mol. The van der Waals surface area contributed by atoms with Gasteiger partial charge in [-0.05, 0) is 18.9 Å². The van der Waals surface area contributed by atoms with Crippen molar-refractivity contribution < 1.29 is 9.53 Å². The second-order valence-corrected chi connectivity index (χ2v) is 5.65. The van der Waals surface area contributed by atoms with E-state index in [0.29, 0.717) is 13.0 Å². The Morgan fingerprint density at radius 1 is 1.55 bits per heavy atom. The number of aromatic nitrogens is 4. The molecule has 22 heavy (non-hydrogen) atoms. The Morgan fingerprint density at radius 3 is 3.18 bits per heavy atom. The highest BCUT2D eigenvalue weighted by Gasteiger charge is 2.30. The summed E-state index contributed by atoms with van der Waals surface area (Å²) in [6.45, 7) is 1.35. The maximum Gasteiger partial charge on any atom is 0.226 e. The molecule has 7 nitrogen and oxygen atoms in total. The lowest BCUT2D eigenvalue weighted by Gasteiger charge is -2.31. The van der Waals surface area contributed by atoms with Crippen molar-refractivity contribution in [3.05, 3.63) is 36.2 Å². The van der Waals surface area contributed by atoms with Crippen molar-refractivity contribution in [2.24, 2.45) is 13.0 Å². The molecule has 0 bridgehead atoms. The molecule has 7 heteroatoms. The number of aryl methyl sites for hydroxylation is 1. The molecular formula is C15H21N5O2. The van der Waals surface area contributed by atoms with Crippen LogP contribution in [0.15, 0.2) is 24.7 Å². The van der Waals surface area contributed by atoms with Crippen molar-refractivity contribution in [3.8, 4) is 0 Å². The number of nitrogens with zero attached hydrogens (tertiary/aromatic N) is 3. The lowest BCUT2D eigenvalue weighted by atomic mass is 9.93. The summed E-state index contributed by atoms with van der Waals surface area (Å²) in [4.78, 5) is 16.4. The van der Waals surface area contributed by atoms with Gasteiger partial charge < -0.3 is 14.6 Å². The maximum absolute atomic E-state index is 12.0. The fourth-order valence-corrected chi connectivity index (χ4v) is 2.85. The second kappa shape index (κ2) is 6.74. The molecule has 2 aromatic rings. The molecule has 0 unspecified atom stereocenters. The van der Waals surface area contributed by atoms with Crippen LogP contribution in [0.4, 0.5) is 0 Å². The van der Waals surface area contributed by atoms with Crippen LogP contribution in [0.5, 0.6) is 0 Å². The van der Waals surface area contributed by atoms with Gasteiger partial charge in [0, 0.05) is 50.4 Å². The van der Waals surface area contributed by atoms with E-state index < -0.39 is 0 Å². The van der Waals surface area contributed by atoms with Crippen LogP contribution in [-0.2, 0) is 23.0 Å². The smallest absolute Gasteiger partial charge is 0.226 e. The average Bonchev–Trinajstić information content (AvgIpc) is 3.17. The molecule has 118 valence electrons. The van der Waals surface area contributed by atoms with Crippen LogP contribution >= 0.6 is 0 Å². The first-order valence-corrected chi connectivity index (χ1v) is 7.58. The largest absolute Gasteiger partial charge is 0.370 e. The molecule has 0 aromatic carbocycles. The number of imidazole rings is 1. The summed E-state index contributed by atoms with van der Waals surface area (Å²) in [5.74, 6) is 1.17. The van der Waals surface area contributed by atoms with E-state index >= 15 is 0 Å². The van der Waals surface area contributed by atoms with E-state index in [2.05, 4.69) is 20.5 Å². The number of rotatable bonds is 5. The van der Waals surface area contributed by atoms with Gasteiger partial charge in [0.25, 0.3) is 0 Å². The van der Waals surface area contributed by atoms with Gasteiger partial charge in [-0.3, -0.25) is 9.89 Å². The van der Waals surface area contributed by atoms with Gasteiger partial charge >= 0.3 is 0 Å². The zero-order valence-electron chi connectivity index (χ0n) is 12.7. The summed E-state index contributed by atoms with van der Waals surface area (Å²) in [6.07, 6.45) is 7.66. The third-order valence-corrected chi connectivity index (χ3v) is 4.03. The first-order valence-electron chi connectivity index (χ1n) is 7.58. The molecule has 3 rings (SSSR count). The Labute approximate surface area is 129 Å². The van der Waals surface area contributed by atoms with Gasteiger partial charge in [-0.1, -0.05) is 0 Å². The van der Waals surface area contributed by atoms with E-state index in [0.717, 1.165) is 31.0 Å². The summed E-state index contributed by atoms with van der Waals surface area (Å²) < 4.78 is 7.88. The molecule has 2 aromatic heterocycles. The molecule has 1 saturated heterocycles. The molecule has 0 radical (unpaired) electrons. The highest BCUT2D eigenvalue weighted by atomic mass is 16.5. The number of aromatic amines is 1. The van der Waals surface area contributed by atoms with Gasteiger partial charge in [0.1, 0.15) is 11.9 Å². The third-order valence-electron chi connectivity index (χ3n) is 4.03. The number of H-pyrrole nitrogens is 1. The highest BCUT2D eigenvalue weighted by Crippen LogP contribution is 2.32. The van der Waals surface area contributed by atoms with Crippen LogP contribution in [0.3, 0.4) is 0 Å². The zero-order valence-corrected chi connectivity index (χ0v) is 12.7. The summed E-state index contributed by atoms with van der Waals surface area (Å²) in [7, 11) is 1.97. The van der Waals surface area contributed by atoms with Crippen LogP contribution in [0.2, 0.25) is 0 Å². The van der Waals surface area contributed by atoms with Gasteiger partial charge in [-0.15, -0.1) is 0 Å². The molecule has 2 N–H and O–H groups in total. The zero-order chi connectivity index (χ0) is 15.4. The lowest BCUT2D eigenvalue weighted by Crippen LogP contribution is -2.36. The van der Waals surface area contributed by atoms with Crippen molar-refractivity contribution in [2.75, 3.05) is 13.2 Å². The number of ether oxygens (including phenoxy) is 1.